The van der Waals surface area contributed by atoms with Crippen molar-refractivity contribution in [1.82, 2.24) is 9.80 Å². The maximum Gasteiger partial charge on any atom is 0.226 e. The highest BCUT2D eigenvalue weighted by Gasteiger charge is 2.31. The monoisotopic (exact) mass is 339 g/mol. The Hall–Kier alpha value is -1.86. The van der Waals surface area contributed by atoms with Crippen molar-refractivity contribution in [2.45, 2.75) is 38.5 Å². The number of likely N-dealkylation sites (tertiary alicyclic amines) is 2. The molecule has 2 saturated heterocycles. The molecule has 2 fully saturated rings. The van der Waals surface area contributed by atoms with Gasteiger partial charge < -0.3 is 9.80 Å². The summed E-state index contributed by atoms with van der Waals surface area (Å²) in [4.78, 5) is 17.3. The fraction of sp³-hybridized carbons (Fsp3) is 0.619. The summed E-state index contributed by atoms with van der Waals surface area (Å²) in [6.45, 7) is 4.49. The second-order valence-electron chi connectivity index (χ2n) is 7.51. The zero-order valence-electron chi connectivity index (χ0n) is 15.1. The Bertz CT molecular complexity index is 587. The van der Waals surface area contributed by atoms with Crippen molar-refractivity contribution >= 4 is 5.91 Å². The molecule has 0 bridgehead atoms. The molecule has 0 aromatic heterocycles. The Morgan fingerprint density at radius 1 is 1.12 bits per heavy atom. The van der Waals surface area contributed by atoms with Gasteiger partial charge in [-0.25, -0.2) is 0 Å². The number of piperidine rings is 2. The number of hydrogen-bond donors (Lipinski definition) is 0. The molecule has 1 unspecified atom stereocenters. The van der Waals surface area contributed by atoms with Crippen molar-refractivity contribution in [2.75, 3.05) is 32.7 Å². The van der Waals surface area contributed by atoms with Gasteiger partial charge in [-0.05, 0) is 50.1 Å². The van der Waals surface area contributed by atoms with E-state index in [1.54, 1.807) is 0 Å². The highest BCUT2D eigenvalue weighted by Crippen LogP contribution is 2.25. The topological polar surface area (TPSA) is 47.3 Å². The molecule has 2 heterocycles. The molecule has 4 heteroatoms. The number of hydrogen-bond acceptors (Lipinski definition) is 3. The van der Waals surface area contributed by atoms with Gasteiger partial charge in [0.05, 0.1) is 12.0 Å². The predicted molar refractivity (Wildman–Crippen MR) is 98.8 cm³/mol. The van der Waals surface area contributed by atoms with E-state index in [1.807, 2.05) is 0 Å². The summed E-state index contributed by atoms with van der Waals surface area (Å²) < 4.78 is 0. The van der Waals surface area contributed by atoms with E-state index in [-0.39, 0.29) is 5.92 Å². The van der Waals surface area contributed by atoms with E-state index in [4.69, 9.17) is 5.26 Å². The molecule has 25 heavy (non-hydrogen) atoms. The fourth-order valence-corrected chi connectivity index (χ4v) is 4.23. The van der Waals surface area contributed by atoms with Crippen molar-refractivity contribution in [3.63, 3.8) is 0 Å². The van der Waals surface area contributed by atoms with Crippen LogP contribution in [0.5, 0.6) is 0 Å². The smallest absolute Gasteiger partial charge is 0.226 e. The van der Waals surface area contributed by atoms with Gasteiger partial charge in [0, 0.05) is 32.6 Å². The maximum absolute atomic E-state index is 12.9. The van der Waals surface area contributed by atoms with E-state index in [0.717, 1.165) is 64.8 Å². The Balaban J connectivity index is 1.45. The molecule has 0 radical (unpaired) electrons. The van der Waals surface area contributed by atoms with Crippen LogP contribution < -0.4 is 0 Å². The average Bonchev–Trinajstić information content (AvgIpc) is 2.67. The molecule has 2 aliphatic heterocycles. The van der Waals surface area contributed by atoms with Crippen LogP contribution in [0.3, 0.4) is 0 Å². The maximum atomic E-state index is 12.9. The number of rotatable bonds is 5. The molecule has 0 N–H and O–H groups in total. The SMILES string of the molecule is N#CCCN1CCCC(C(=O)N2CCC(Cc3ccccc3)CC2)C1. The minimum absolute atomic E-state index is 0.137. The normalized spacial score (nSPS) is 22.5. The lowest BCUT2D eigenvalue weighted by Crippen LogP contribution is -2.47. The van der Waals surface area contributed by atoms with E-state index >= 15 is 0 Å². The molecule has 0 aliphatic carbocycles. The van der Waals surface area contributed by atoms with Gasteiger partial charge in [0.2, 0.25) is 5.91 Å². The highest BCUT2D eigenvalue weighted by atomic mass is 16.2. The number of carbonyl (C=O) groups excluding carboxylic acids is 1. The van der Waals surface area contributed by atoms with Gasteiger partial charge in [-0.1, -0.05) is 30.3 Å². The third-order valence-corrected chi connectivity index (χ3v) is 5.69. The molecule has 2 aliphatic rings. The van der Waals surface area contributed by atoms with Gasteiger partial charge in [0.25, 0.3) is 0 Å². The standard InChI is InChI=1S/C21H29N3O/c22-11-5-13-23-12-4-8-20(17-23)21(25)24-14-9-19(10-15-24)16-18-6-2-1-3-7-18/h1-3,6-7,19-20H,4-5,8-10,12-17H2. The van der Waals surface area contributed by atoms with Crippen LogP contribution in [0.15, 0.2) is 30.3 Å². The molecule has 1 aromatic rings. The fourth-order valence-electron chi connectivity index (χ4n) is 4.23. The molecular weight excluding hydrogens is 310 g/mol. The van der Waals surface area contributed by atoms with Gasteiger partial charge in [0.1, 0.15) is 0 Å². The zero-order valence-corrected chi connectivity index (χ0v) is 15.1. The van der Waals surface area contributed by atoms with Crippen molar-refractivity contribution in [2.24, 2.45) is 11.8 Å². The highest BCUT2D eigenvalue weighted by molar-refractivity contribution is 5.79. The van der Waals surface area contributed by atoms with Gasteiger partial charge in [0.15, 0.2) is 0 Å². The van der Waals surface area contributed by atoms with Crippen LogP contribution in [0.25, 0.3) is 0 Å². The Morgan fingerprint density at radius 2 is 1.88 bits per heavy atom. The first-order chi connectivity index (χ1) is 12.3. The molecule has 1 aromatic carbocycles. The largest absolute Gasteiger partial charge is 0.342 e. The van der Waals surface area contributed by atoms with Crippen LogP contribution in [-0.4, -0.2) is 48.4 Å². The lowest BCUT2D eigenvalue weighted by molar-refractivity contribution is -0.138. The van der Waals surface area contributed by atoms with Gasteiger partial charge in [-0.3, -0.25) is 4.79 Å². The molecule has 3 rings (SSSR count). The summed E-state index contributed by atoms with van der Waals surface area (Å²) in [5, 5.41) is 8.75. The predicted octanol–water partition coefficient (Wildman–Crippen LogP) is 3.09. The van der Waals surface area contributed by atoms with Crippen LogP contribution in [0.1, 0.15) is 37.7 Å². The summed E-state index contributed by atoms with van der Waals surface area (Å²) in [5.74, 6) is 1.18. The summed E-state index contributed by atoms with van der Waals surface area (Å²) in [6, 6.07) is 12.9. The van der Waals surface area contributed by atoms with Gasteiger partial charge in [-0.2, -0.15) is 5.26 Å². The van der Waals surface area contributed by atoms with E-state index in [2.05, 4.69) is 46.2 Å². The average molecular weight is 339 g/mol. The van der Waals surface area contributed by atoms with Crippen molar-refractivity contribution < 1.29 is 4.79 Å². The van der Waals surface area contributed by atoms with Crippen molar-refractivity contribution in [1.29, 1.82) is 5.26 Å². The van der Waals surface area contributed by atoms with Crippen molar-refractivity contribution in [3.05, 3.63) is 35.9 Å². The van der Waals surface area contributed by atoms with E-state index in [9.17, 15) is 4.79 Å². The van der Waals surface area contributed by atoms with Crippen LogP contribution in [0, 0.1) is 23.2 Å². The molecule has 1 atom stereocenters. The number of nitriles is 1. The number of carbonyl (C=O) groups is 1. The van der Waals surface area contributed by atoms with Gasteiger partial charge in [-0.15, -0.1) is 0 Å². The molecule has 0 saturated carbocycles. The summed E-state index contributed by atoms with van der Waals surface area (Å²) in [5.41, 5.74) is 1.41. The summed E-state index contributed by atoms with van der Waals surface area (Å²) >= 11 is 0. The first kappa shape index (κ1) is 17.9. The second kappa shape index (κ2) is 9.01. The summed E-state index contributed by atoms with van der Waals surface area (Å²) in [7, 11) is 0. The lowest BCUT2D eigenvalue weighted by Gasteiger charge is -2.37. The van der Waals surface area contributed by atoms with Crippen molar-refractivity contribution in [3.8, 4) is 6.07 Å². The van der Waals surface area contributed by atoms with Crippen LogP contribution in [-0.2, 0) is 11.2 Å². The quantitative estimate of drug-likeness (QED) is 0.828. The minimum Gasteiger partial charge on any atom is -0.342 e. The van der Waals surface area contributed by atoms with Gasteiger partial charge >= 0.3 is 0 Å². The third-order valence-electron chi connectivity index (χ3n) is 5.69. The Kier molecular flexibility index (Phi) is 6.47. The summed E-state index contributed by atoms with van der Waals surface area (Å²) in [6.07, 6.45) is 6.01. The molecule has 134 valence electrons. The minimum atomic E-state index is 0.137. The Morgan fingerprint density at radius 3 is 2.60 bits per heavy atom. The first-order valence-corrected chi connectivity index (χ1v) is 9.68. The number of nitrogens with zero attached hydrogens (tertiary/aromatic N) is 3. The first-order valence-electron chi connectivity index (χ1n) is 9.68. The number of benzene rings is 1. The zero-order chi connectivity index (χ0) is 17.5. The van der Waals surface area contributed by atoms with Crippen LogP contribution in [0.2, 0.25) is 0 Å². The third kappa shape index (κ3) is 5.06. The van der Waals surface area contributed by atoms with E-state index in [0.29, 0.717) is 18.2 Å². The second-order valence-corrected chi connectivity index (χ2v) is 7.51. The molecule has 4 nitrogen and oxygen atoms in total. The van der Waals surface area contributed by atoms with Crippen LogP contribution >= 0.6 is 0 Å². The van der Waals surface area contributed by atoms with E-state index in [1.165, 1.54) is 5.56 Å². The van der Waals surface area contributed by atoms with Crippen LogP contribution in [0.4, 0.5) is 0 Å². The van der Waals surface area contributed by atoms with E-state index < -0.39 is 0 Å². The molecule has 1 amide bonds. The molecular formula is C21H29N3O. The Labute approximate surface area is 151 Å². The number of amides is 1. The molecule has 0 spiro atoms. The lowest BCUT2D eigenvalue weighted by atomic mass is 9.89.